The van der Waals surface area contributed by atoms with Gasteiger partial charge in [-0.1, -0.05) is 5.57 Å². The molecular formula is C27H31IN2O8. The van der Waals surface area contributed by atoms with Gasteiger partial charge < -0.3 is 34.3 Å². The third-order valence-electron chi connectivity index (χ3n) is 5.88. The number of methoxy groups -OCH3 is 1. The van der Waals surface area contributed by atoms with E-state index in [1.807, 2.05) is 22.6 Å². The lowest BCUT2D eigenvalue weighted by Crippen LogP contribution is -2.54. The number of benzene rings is 1. The van der Waals surface area contributed by atoms with E-state index in [4.69, 9.17) is 19.0 Å². The highest BCUT2D eigenvalue weighted by molar-refractivity contribution is 14.1. The van der Waals surface area contributed by atoms with E-state index < -0.39 is 24.2 Å². The molecular weight excluding hydrogens is 607 g/mol. The fourth-order valence-corrected chi connectivity index (χ4v) is 4.86. The Kier molecular flexibility index (Phi) is 10.5. The van der Waals surface area contributed by atoms with Crippen molar-refractivity contribution in [2.75, 3.05) is 20.3 Å². The van der Waals surface area contributed by atoms with Crippen LogP contribution in [0, 0.1) is 3.57 Å². The Labute approximate surface area is 234 Å². The zero-order valence-electron chi connectivity index (χ0n) is 21.3. The van der Waals surface area contributed by atoms with Gasteiger partial charge in [0.2, 0.25) is 11.8 Å². The fraction of sp³-hybridized carbons (Fsp3) is 0.370. The predicted octanol–water partition coefficient (Wildman–Crippen LogP) is 2.62. The Balaban J connectivity index is 2.05. The highest BCUT2D eigenvalue weighted by atomic mass is 127. The molecule has 2 amide bonds. The molecule has 2 aromatic rings. The van der Waals surface area contributed by atoms with Crippen LogP contribution in [0.4, 0.5) is 0 Å². The van der Waals surface area contributed by atoms with Crippen molar-refractivity contribution in [3.63, 3.8) is 0 Å². The number of aldehydes is 1. The van der Waals surface area contributed by atoms with Gasteiger partial charge in [0, 0.05) is 42.3 Å². The van der Waals surface area contributed by atoms with E-state index in [9.17, 15) is 19.5 Å². The lowest BCUT2D eigenvalue weighted by Gasteiger charge is -2.40. The average molecular weight is 638 g/mol. The smallest absolute Gasteiger partial charge is 0.247 e. The molecule has 0 saturated heterocycles. The number of amides is 2. The molecule has 0 bridgehead atoms. The van der Waals surface area contributed by atoms with Gasteiger partial charge in [-0.15, -0.1) is 0 Å². The monoisotopic (exact) mass is 638 g/mol. The maximum atomic E-state index is 13.3. The summed E-state index contributed by atoms with van der Waals surface area (Å²) >= 11 is 2.00. The van der Waals surface area contributed by atoms with E-state index in [0.717, 1.165) is 5.57 Å². The first-order chi connectivity index (χ1) is 18.2. The second-order valence-corrected chi connectivity index (χ2v) is 10.1. The lowest BCUT2D eigenvalue weighted by molar-refractivity contribution is -0.134. The molecule has 3 unspecified atom stereocenters. The third kappa shape index (κ3) is 7.23. The molecule has 11 heteroatoms. The second kappa shape index (κ2) is 13.6. The molecule has 10 nitrogen and oxygen atoms in total. The minimum absolute atomic E-state index is 0.0449. The number of aliphatic hydroxyl groups excluding tert-OH is 2. The molecule has 0 spiro atoms. The van der Waals surface area contributed by atoms with E-state index in [-0.39, 0.29) is 43.5 Å². The van der Waals surface area contributed by atoms with Gasteiger partial charge in [-0.05, 0) is 60.7 Å². The Morgan fingerprint density at radius 2 is 2.08 bits per heavy atom. The van der Waals surface area contributed by atoms with Gasteiger partial charge in [0.15, 0.2) is 11.5 Å². The molecule has 1 aliphatic carbocycles. The van der Waals surface area contributed by atoms with Crippen LogP contribution in [0.3, 0.4) is 0 Å². The normalized spacial score (nSPS) is 18.7. The molecule has 1 aromatic carbocycles. The van der Waals surface area contributed by atoms with Crippen LogP contribution in [-0.4, -0.2) is 71.7 Å². The number of aliphatic hydroxyl groups is 2. The summed E-state index contributed by atoms with van der Waals surface area (Å²) in [6, 6.07) is 4.01. The average Bonchev–Trinajstić information content (AvgIpc) is 3.40. The summed E-state index contributed by atoms with van der Waals surface area (Å²) in [7, 11) is 1.43. The van der Waals surface area contributed by atoms with Crippen LogP contribution in [0.2, 0.25) is 0 Å². The van der Waals surface area contributed by atoms with Gasteiger partial charge in [0.1, 0.15) is 18.5 Å². The van der Waals surface area contributed by atoms with Crippen LogP contribution >= 0.6 is 22.6 Å². The first-order valence-corrected chi connectivity index (χ1v) is 13.0. The van der Waals surface area contributed by atoms with Crippen molar-refractivity contribution in [3.05, 3.63) is 68.7 Å². The van der Waals surface area contributed by atoms with Gasteiger partial charge in [-0.2, -0.15) is 0 Å². The van der Waals surface area contributed by atoms with Gasteiger partial charge in [0.05, 0.1) is 35.9 Å². The number of ether oxygens (including phenoxy) is 2. The van der Waals surface area contributed by atoms with Crippen molar-refractivity contribution < 1.29 is 38.5 Å². The molecule has 1 aliphatic rings. The topological polar surface area (TPSA) is 139 Å². The summed E-state index contributed by atoms with van der Waals surface area (Å²) in [4.78, 5) is 39.1. The number of rotatable bonds is 11. The van der Waals surface area contributed by atoms with Crippen molar-refractivity contribution in [2.45, 2.75) is 45.1 Å². The number of nitrogens with zero attached hydrogens (tertiary/aromatic N) is 1. The third-order valence-corrected chi connectivity index (χ3v) is 6.69. The summed E-state index contributed by atoms with van der Waals surface area (Å²) in [6.45, 7) is 3.52. The second-order valence-electron chi connectivity index (χ2n) is 8.99. The van der Waals surface area contributed by atoms with Crippen molar-refractivity contribution in [3.8, 4) is 11.5 Å². The predicted molar refractivity (Wildman–Crippen MR) is 147 cm³/mol. The van der Waals surface area contributed by atoms with Gasteiger partial charge in [-0.25, -0.2) is 0 Å². The van der Waals surface area contributed by atoms with Crippen LogP contribution in [0.15, 0.2) is 58.4 Å². The van der Waals surface area contributed by atoms with E-state index >= 15 is 0 Å². The van der Waals surface area contributed by atoms with E-state index in [0.29, 0.717) is 26.6 Å². The van der Waals surface area contributed by atoms with Crippen LogP contribution in [0.25, 0.3) is 0 Å². The Bertz CT molecular complexity index is 1200. The Morgan fingerprint density at radius 1 is 1.32 bits per heavy atom. The van der Waals surface area contributed by atoms with Crippen molar-refractivity contribution in [1.82, 2.24) is 10.2 Å². The molecule has 3 N–H and O–H groups in total. The summed E-state index contributed by atoms with van der Waals surface area (Å²) in [6.07, 6.45) is 4.46. The van der Waals surface area contributed by atoms with E-state index in [2.05, 4.69) is 5.32 Å². The Hall–Kier alpha value is -3.16. The molecule has 0 radical (unpaired) electrons. The minimum atomic E-state index is -1.22. The zero-order chi connectivity index (χ0) is 27.8. The largest absolute Gasteiger partial charge is 0.493 e. The Morgan fingerprint density at radius 3 is 2.68 bits per heavy atom. The van der Waals surface area contributed by atoms with Gasteiger partial charge >= 0.3 is 0 Å². The molecule has 1 heterocycles. The van der Waals surface area contributed by atoms with Crippen molar-refractivity contribution >= 4 is 40.7 Å². The minimum Gasteiger partial charge on any atom is -0.493 e. The first-order valence-electron chi connectivity index (χ1n) is 11.9. The van der Waals surface area contributed by atoms with E-state index in [1.165, 1.54) is 42.8 Å². The number of carbonyl (C=O) groups is 3. The quantitative estimate of drug-likeness (QED) is 0.194. The molecule has 0 saturated carbocycles. The van der Waals surface area contributed by atoms with Crippen LogP contribution in [0.1, 0.15) is 36.2 Å². The summed E-state index contributed by atoms with van der Waals surface area (Å²) < 4.78 is 17.4. The molecule has 3 rings (SSSR count). The number of hydrogen-bond donors (Lipinski definition) is 3. The van der Waals surface area contributed by atoms with Crippen LogP contribution < -0.4 is 14.8 Å². The molecule has 38 heavy (non-hydrogen) atoms. The molecule has 204 valence electrons. The number of carbonyl (C=O) groups excluding carboxylic acids is 3. The zero-order valence-corrected chi connectivity index (χ0v) is 23.5. The fourth-order valence-electron chi connectivity index (χ4n) is 4.11. The number of allylic oxidation sites excluding steroid dienone is 1. The van der Waals surface area contributed by atoms with Gasteiger partial charge in [0.25, 0.3) is 0 Å². The molecule has 0 aliphatic heterocycles. The standard InChI is InChI=1S/C27H31IN2O8/c1-16(2)8-24(33)30(13-17-4-7-37-15-17)21-11-19(27(35)29-5-6-31)12-22(25(21)34)38-26-20(28)9-18(14-32)10-23(26)36-3/h4,7-10,12,14-15,21-22,25,31,34H,5-6,11,13H2,1-3H3,(H,29,35). The maximum Gasteiger partial charge on any atom is 0.247 e. The SMILES string of the molecule is COc1cc(C=O)cc(I)c1OC1C=C(C(=O)NCCO)CC(N(Cc2ccoc2)C(=O)C=C(C)C)C1O. The highest BCUT2D eigenvalue weighted by Crippen LogP contribution is 2.37. The molecule has 3 atom stereocenters. The summed E-state index contributed by atoms with van der Waals surface area (Å²) in [5.41, 5.74) is 2.17. The lowest BCUT2D eigenvalue weighted by atomic mass is 9.87. The number of nitrogens with one attached hydrogen (secondary N) is 1. The summed E-state index contributed by atoms with van der Waals surface area (Å²) in [5.74, 6) is -0.218. The van der Waals surface area contributed by atoms with Crippen molar-refractivity contribution in [2.24, 2.45) is 0 Å². The highest BCUT2D eigenvalue weighted by Gasteiger charge is 2.40. The van der Waals surface area contributed by atoms with Crippen LogP contribution in [0.5, 0.6) is 11.5 Å². The van der Waals surface area contributed by atoms with Crippen LogP contribution in [-0.2, 0) is 16.1 Å². The maximum absolute atomic E-state index is 13.3. The number of furan rings is 1. The van der Waals surface area contributed by atoms with Gasteiger partial charge in [-0.3, -0.25) is 14.4 Å². The summed E-state index contributed by atoms with van der Waals surface area (Å²) in [5, 5.41) is 23.3. The van der Waals surface area contributed by atoms with Crippen molar-refractivity contribution in [1.29, 1.82) is 0 Å². The number of hydrogen-bond acceptors (Lipinski definition) is 8. The molecule has 1 aromatic heterocycles. The van der Waals surface area contributed by atoms with E-state index in [1.54, 1.807) is 26.0 Å². The molecule has 0 fully saturated rings. The first kappa shape index (κ1) is 29.4. The number of halogens is 1.